The molecule has 0 saturated heterocycles. The zero-order valence-corrected chi connectivity index (χ0v) is 9.83. The molecule has 94 valence electrons. The topological polar surface area (TPSA) is 75.1 Å². The number of H-pyrrole nitrogens is 1. The number of pyridine rings is 2. The Labute approximate surface area is 107 Å². The van der Waals surface area contributed by atoms with Crippen LogP contribution in [0.1, 0.15) is 0 Å². The minimum atomic E-state index is -0.220. The fraction of sp³-hybridized carbons (Fsp3) is 0. The van der Waals surface area contributed by atoms with E-state index in [1.807, 2.05) is 0 Å². The minimum absolute atomic E-state index is 0.119. The summed E-state index contributed by atoms with van der Waals surface area (Å²) in [6.07, 6.45) is 3.09. The Balaban J connectivity index is 2.29. The lowest BCUT2D eigenvalue weighted by atomic mass is 10.1. The van der Waals surface area contributed by atoms with Crippen LogP contribution in [0.3, 0.4) is 0 Å². The molecular weight excluding hydrogens is 244 g/mol. The second kappa shape index (κ2) is 4.13. The summed E-state index contributed by atoms with van der Waals surface area (Å²) in [6, 6.07) is 9.26. The summed E-state index contributed by atoms with van der Waals surface area (Å²) in [7, 11) is 0. The zero-order valence-electron chi connectivity index (χ0n) is 9.83. The van der Waals surface area contributed by atoms with Crippen LogP contribution < -0.4 is 11.1 Å². The summed E-state index contributed by atoms with van der Waals surface area (Å²) in [4.78, 5) is 25.9. The van der Waals surface area contributed by atoms with Gasteiger partial charge in [0.2, 0.25) is 5.56 Å². The number of aromatic nitrogens is 2. The van der Waals surface area contributed by atoms with E-state index in [1.54, 1.807) is 24.4 Å². The van der Waals surface area contributed by atoms with Gasteiger partial charge in [0.05, 0.1) is 5.69 Å². The monoisotopic (exact) mass is 254 g/mol. The van der Waals surface area contributed by atoms with E-state index < -0.39 is 0 Å². The number of nitrogens with one attached hydrogen (secondary N) is 1. The van der Waals surface area contributed by atoms with E-state index in [9.17, 15) is 14.7 Å². The lowest BCUT2D eigenvalue weighted by molar-refractivity contribution is 0.476. The first kappa shape index (κ1) is 11.3. The first-order chi connectivity index (χ1) is 9.15. The molecule has 0 aliphatic rings. The highest BCUT2D eigenvalue weighted by atomic mass is 16.3. The predicted octanol–water partition coefficient (Wildman–Crippen LogP) is 1.38. The van der Waals surface area contributed by atoms with Crippen molar-refractivity contribution in [3.05, 3.63) is 69.5 Å². The summed E-state index contributed by atoms with van der Waals surface area (Å²) in [6.45, 7) is 0. The van der Waals surface area contributed by atoms with E-state index in [1.165, 1.54) is 29.0 Å². The fourth-order valence-corrected chi connectivity index (χ4v) is 1.99. The Morgan fingerprint density at radius 1 is 1.05 bits per heavy atom. The average Bonchev–Trinajstić information content (AvgIpc) is 2.40. The summed E-state index contributed by atoms with van der Waals surface area (Å²) >= 11 is 0. The number of nitrogens with zero attached hydrogens (tertiary/aromatic N) is 1. The Hall–Kier alpha value is -2.82. The third kappa shape index (κ3) is 1.91. The molecule has 0 atom stereocenters. The van der Waals surface area contributed by atoms with Crippen LogP contribution in [-0.2, 0) is 0 Å². The van der Waals surface area contributed by atoms with Crippen molar-refractivity contribution in [1.29, 1.82) is 0 Å². The molecule has 5 nitrogen and oxygen atoms in total. The summed E-state index contributed by atoms with van der Waals surface area (Å²) in [5, 5.41) is 10.6. The molecule has 0 amide bonds. The molecule has 5 heteroatoms. The maximum atomic E-state index is 12.3. The SMILES string of the molecule is O=c1ccc(-n2ccc3cc(O)ccc3c2=O)c[nH]1. The first-order valence-electron chi connectivity index (χ1n) is 5.69. The van der Waals surface area contributed by atoms with Gasteiger partial charge in [0.1, 0.15) is 5.75 Å². The molecule has 0 aliphatic carbocycles. The highest BCUT2D eigenvalue weighted by molar-refractivity contribution is 5.83. The summed E-state index contributed by atoms with van der Waals surface area (Å²) < 4.78 is 1.44. The van der Waals surface area contributed by atoms with E-state index in [2.05, 4.69) is 4.98 Å². The Kier molecular flexibility index (Phi) is 2.45. The lowest BCUT2D eigenvalue weighted by Crippen LogP contribution is -2.18. The van der Waals surface area contributed by atoms with Gasteiger partial charge >= 0.3 is 0 Å². The largest absolute Gasteiger partial charge is 0.508 e. The Morgan fingerprint density at radius 2 is 1.89 bits per heavy atom. The van der Waals surface area contributed by atoms with E-state index in [4.69, 9.17) is 0 Å². The third-order valence-electron chi connectivity index (χ3n) is 2.93. The van der Waals surface area contributed by atoms with Crippen LogP contribution in [0.25, 0.3) is 16.5 Å². The molecule has 0 fully saturated rings. The van der Waals surface area contributed by atoms with Crippen molar-refractivity contribution >= 4 is 10.8 Å². The second-order valence-electron chi connectivity index (χ2n) is 4.17. The first-order valence-corrected chi connectivity index (χ1v) is 5.69. The highest BCUT2D eigenvalue weighted by Crippen LogP contribution is 2.17. The molecule has 0 bridgehead atoms. The van der Waals surface area contributed by atoms with Gasteiger partial charge in [-0.3, -0.25) is 14.2 Å². The molecule has 2 heterocycles. The number of hydrogen-bond acceptors (Lipinski definition) is 3. The smallest absolute Gasteiger partial charge is 0.263 e. The van der Waals surface area contributed by atoms with E-state index in [0.29, 0.717) is 16.5 Å². The molecule has 2 aromatic heterocycles. The molecule has 1 aromatic carbocycles. The second-order valence-corrected chi connectivity index (χ2v) is 4.17. The molecule has 3 rings (SSSR count). The maximum Gasteiger partial charge on any atom is 0.263 e. The van der Waals surface area contributed by atoms with E-state index >= 15 is 0 Å². The van der Waals surface area contributed by atoms with Gasteiger partial charge in [-0.15, -0.1) is 0 Å². The van der Waals surface area contributed by atoms with Crippen molar-refractivity contribution in [3.8, 4) is 11.4 Å². The highest BCUT2D eigenvalue weighted by Gasteiger charge is 2.05. The number of aromatic amines is 1. The van der Waals surface area contributed by atoms with Gasteiger partial charge in [0.15, 0.2) is 0 Å². The van der Waals surface area contributed by atoms with E-state index in [-0.39, 0.29) is 16.9 Å². The zero-order chi connectivity index (χ0) is 13.4. The molecule has 0 aliphatic heterocycles. The normalized spacial score (nSPS) is 10.7. The number of fused-ring (bicyclic) bond motifs is 1. The van der Waals surface area contributed by atoms with Crippen LogP contribution in [-0.4, -0.2) is 14.7 Å². The fourth-order valence-electron chi connectivity index (χ4n) is 1.99. The van der Waals surface area contributed by atoms with Gasteiger partial charge in [-0.1, -0.05) is 0 Å². The molecule has 0 spiro atoms. The maximum absolute atomic E-state index is 12.3. The minimum Gasteiger partial charge on any atom is -0.508 e. The third-order valence-corrected chi connectivity index (χ3v) is 2.93. The average molecular weight is 254 g/mol. The van der Waals surface area contributed by atoms with E-state index in [0.717, 1.165) is 0 Å². The van der Waals surface area contributed by atoms with Gasteiger partial charge in [0, 0.05) is 23.8 Å². The summed E-state index contributed by atoms with van der Waals surface area (Å²) in [5.41, 5.74) is 0.159. The quantitative estimate of drug-likeness (QED) is 0.689. The lowest BCUT2D eigenvalue weighted by Gasteiger charge is -2.06. The standard InChI is InChI=1S/C14H10N2O3/c17-11-2-3-12-9(7-11)5-6-16(14(12)19)10-1-4-13(18)15-8-10/h1-8,17H,(H,15,18). The number of phenolic OH excluding ortho intramolecular Hbond substituents is 1. The number of phenols is 1. The van der Waals surface area contributed by atoms with Crippen molar-refractivity contribution < 1.29 is 5.11 Å². The van der Waals surface area contributed by atoms with Crippen LogP contribution in [0.2, 0.25) is 0 Å². The molecule has 0 saturated carbocycles. The van der Waals surface area contributed by atoms with Crippen LogP contribution in [0, 0.1) is 0 Å². The molecule has 3 aromatic rings. The van der Waals surface area contributed by atoms with Gasteiger partial charge in [0.25, 0.3) is 5.56 Å². The molecule has 0 radical (unpaired) electrons. The number of benzene rings is 1. The molecule has 19 heavy (non-hydrogen) atoms. The predicted molar refractivity (Wildman–Crippen MR) is 71.8 cm³/mol. The van der Waals surface area contributed by atoms with Gasteiger partial charge in [-0.2, -0.15) is 0 Å². The van der Waals surface area contributed by atoms with Crippen LogP contribution in [0.4, 0.5) is 0 Å². The van der Waals surface area contributed by atoms with Crippen molar-refractivity contribution in [2.75, 3.05) is 0 Å². The Morgan fingerprint density at radius 3 is 2.63 bits per heavy atom. The number of rotatable bonds is 1. The van der Waals surface area contributed by atoms with Gasteiger partial charge < -0.3 is 10.1 Å². The molecule has 2 N–H and O–H groups in total. The van der Waals surface area contributed by atoms with Crippen molar-refractivity contribution in [3.63, 3.8) is 0 Å². The number of aromatic hydroxyl groups is 1. The van der Waals surface area contributed by atoms with Crippen LogP contribution in [0.15, 0.2) is 58.4 Å². The molecular formula is C14H10N2O3. The van der Waals surface area contributed by atoms with Crippen molar-refractivity contribution in [2.24, 2.45) is 0 Å². The van der Waals surface area contributed by atoms with Crippen molar-refractivity contribution in [1.82, 2.24) is 9.55 Å². The molecule has 0 unspecified atom stereocenters. The van der Waals surface area contributed by atoms with Gasteiger partial charge in [-0.25, -0.2) is 0 Å². The van der Waals surface area contributed by atoms with Gasteiger partial charge in [-0.05, 0) is 35.7 Å². The summed E-state index contributed by atoms with van der Waals surface area (Å²) in [5.74, 6) is 0.119. The van der Waals surface area contributed by atoms with Crippen LogP contribution >= 0.6 is 0 Å². The Bertz CT molecular complexity index is 857. The van der Waals surface area contributed by atoms with Crippen LogP contribution in [0.5, 0.6) is 5.75 Å². The van der Waals surface area contributed by atoms with Crippen molar-refractivity contribution in [2.45, 2.75) is 0 Å². The number of hydrogen-bond donors (Lipinski definition) is 2.